The molecule has 1 aromatic carbocycles. The lowest BCUT2D eigenvalue weighted by Gasteiger charge is -2.19. The van der Waals surface area contributed by atoms with Crippen molar-refractivity contribution in [2.75, 3.05) is 13.7 Å². The number of nitrogens with zero attached hydrogens (tertiary/aromatic N) is 2. The van der Waals surface area contributed by atoms with Crippen LogP contribution < -0.4 is 10.1 Å². The molecule has 0 aliphatic carbocycles. The maximum Gasteiger partial charge on any atom is 0.119 e. The van der Waals surface area contributed by atoms with Crippen molar-refractivity contribution in [3.8, 4) is 5.75 Å². The Morgan fingerprint density at radius 2 is 2.19 bits per heavy atom. The molecule has 1 aromatic heterocycles. The zero-order valence-electron chi connectivity index (χ0n) is 13.4. The number of methoxy groups -OCH3 is 1. The zero-order chi connectivity index (χ0) is 15.2. The summed E-state index contributed by atoms with van der Waals surface area (Å²) in [6.07, 6.45) is 4.03. The summed E-state index contributed by atoms with van der Waals surface area (Å²) in [5, 5.41) is 8.00. The van der Waals surface area contributed by atoms with Crippen molar-refractivity contribution in [1.29, 1.82) is 0 Å². The van der Waals surface area contributed by atoms with Gasteiger partial charge in [0.25, 0.3) is 0 Å². The average molecular weight is 287 g/mol. The van der Waals surface area contributed by atoms with E-state index in [0.717, 1.165) is 25.1 Å². The van der Waals surface area contributed by atoms with E-state index in [2.05, 4.69) is 36.4 Å². The van der Waals surface area contributed by atoms with Gasteiger partial charge in [-0.3, -0.25) is 4.68 Å². The van der Waals surface area contributed by atoms with E-state index in [1.165, 1.54) is 16.8 Å². The molecule has 4 nitrogen and oxygen atoms in total. The maximum absolute atomic E-state index is 5.31. The fourth-order valence-electron chi connectivity index (χ4n) is 2.50. The van der Waals surface area contributed by atoms with Gasteiger partial charge in [-0.1, -0.05) is 19.1 Å². The largest absolute Gasteiger partial charge is 0.497 e. The Bertz CT molecular complexity index is 577. The Morgan fingerprint density at radius 1 is 1.38 bits per heavy atom. The molecule has 1 N–H and O–H groups in total. The van der Waals surface area contributed by atoms with Gasteiger partial charge in [0.05, 0.1) is 13.3 Å². The predicted molar refractivity (Wildman–Crippen MR) is 85.7 cm³/mol. The molecule has 0 aliphatic heterocycles. The third-order valence-corrected chi connectivity index (χ3v) is 3.86. The lowest BCUT2D eigenvalue weighted by Crippen LogP contribution is -2.24. The van der Waals surface area contributed by atoms with Crippen LogP contribution in [0.5, 0.6) is 5.75 Å². The molecule has 1 atom stereocenters. The molecule has 1 heterocycles. The molecule has 1 unspecified atom stereocenters. The Kier molecular flexibility index (Phi) is 5.39. The molecule has 0 bridgehead atoms. The first-order valence-corrected chi connectivity index (χ1v) is 7.50. The van der Waals surface area contributed by atoms with Gasteiger partial charge in [0, 0.05) is 24.3 Å². The minimum Gasteiger partial charge on any atom is -0.497 e. The van der Waals surface area contributed by atoms with Gasteiger partial charge in [-0.2, -0.15) is 5.10 Å². The second-order valence-electron chi connectivity index (χ2n) is 5.37. The summed E-state index contributed by atoms with van der Waals surface area (Å²) in [6, 6.07) is 8.56. The molecule has 2 rings (SSSR count). The van der Waals surface area contributed by atoms with Crippen LogP contribution in [0.4, 0.5) is 0 Å². The van der Waals surface area contributed by atoms with Gasteiger partial charge in [0.1, 0.15) is 5.75 Å². The number of hydrogen-bond donors (Lipinski definition) is 1. The fourth-order valence-corrected chi connectivity index (χ4v) is 2.50. The van der Waals surface area contributed by atoms with Crippen LogP contribution in [0.3, 0.4) is 0 Å². The molecule has 0 radical (unpaired) electrons. The van der Waals surface area contributed by atoms with Crippen LogP contribution in [-0.2, 0) is 13.5 Å². The van der Waals surface area contributed by atoms with Gasteiger partial charge in [0.2, 0.25) is 0 Å². The maximum atomic E-state index is 5.31. The zero-order valence-corrected chi connectivity index (χ0v) is 13.4. The van der Waals surface area contributed by atoms with Crippen LogP contribution in [0.2, 0.25) is 0 Å². The van der Waals surface area contributed by atoms with E-state index >= 15 is 0 Å². The third kappa shape index (κ3) is 3.85. The van der Waals surface area contributed by atoms with Crippen molar-refractivity contribution < 1.29 is 4.74 Å². The number of rotatable bonds is 7. The summed E-state index contributed by atoms with van der Waals surface area (Å²) in [4.78, 5) is 0. The first kappa shape index (κ1) is 15.6. The number of hydrogen-bond acceptors (Lipinski definition) is 3. The Balaban J connectivity index is 2.21. The first-order valence-electron chi connectivity index (χ1n) is 7.50. The Morgan fingerprint density at radius 3 is 2.81 bits per heavy atom. The summed E-state index contributed by atoms with van der Waals surface area (Å²) in [5.74, 6) is 0.907. The first-order chi connectivity index (χ1) is 10.2. The van der Waals surface area contributed by atoms with E-state index in [1.807, 2.05) is 30.1 Å². The number of aryl methyl sites for hydroxylation is 1. The highest BCUT2D eigenvalue weighted by molar-refractivity contribution is 5.31. The summed E-state index contributed by atoms with van der Waals surface area (Å²) < 4.78 is 7.25. The minimum absolute atomic E-state index is 0.283. The van der Waals surface area contributed by atoms with E-state index in [0.29, 0.717) is 0 Å². The number of nitrogens with one attached hydrogen (secondary N) is 1. The van der Waals surface area contributed by atoms with Crippen LogP contribution in [0, 0.1) is 6.92 Å². The van der Waals surface area contributed by atoms with Crippen LogP contribution in [0.1, 0.15) is 36.2 Å². The number of aromatic nitrogens is 2. The summed E-state index contributed by atoms with van der Waals surface area (Å²) in [6.45, 7) is 5.31. The quantitative estimate of drug-likeness (QED) is 0.851. The van der Waals surface area contributed by atoms with E-state index in [4.69, 9.17) is 4.74 Å². The Hall–Kier alpha value is -1.81. The molecule has 2 aromatic rings. The molecule has 114 valence electrons. The van der Waals surface area contributed by atoms with Crippen molar-refractivity contribution >= 4 is 0 Å². The highest BCUT2D eigenvalue weighted by Crippen LogP contribution is 2.23. The van der Waals surface area contributed by atoms with Gasteiger partial charge in [0.15, 0.2) is 0 Å². The van der Waals surface area contributed by atoms with Crippen molar-refractivity contribution in [2.45, 2.75) is 32.7 Å². The van der Waals surface area contributed by atoms with Gasteiger partial charge in [-0.25, -0.2) is 0 Å². The number of benzene rings is 1. The summed E-state index contributed by atoms with van der Waals surface area (Å²) >= 11 is 0. The topological polar surface area (TPSA) is 39.1 Å². The van der Waals surface area contributed by atoms with Gasteiger partial charge < -0.3 is 10.1 Å². The second-order valence-corrected chi connectivity index (χ2v) is 5.37. The highest BCUT2D eigenvalue weighted by atomic mass is 16.5. The Labute approximate surface area is 127 Å². The van der Waals surface area contributed by atoms with E-state index in [9.17, 15) is 0 Å². The van der Waals surface area contributed by atoms with Crippen LogP contribution in [0.15, 0.2) is 30.5 Å². The normalized spacial score (nSPS) is 12.4. The molecule has 21 heavy (non-hydrogen) atoms. The SMILES string of the molecule is CCCNC(Cc1cccc(OC)c1)c1cnn(C)c1C. The minimum atomic E-state index is 0.283. The van der Waals surface area contributed by atoms with Crippen LogP contribution in [0.25, 0.3) is 0 Å². The number of ether oxygens (including phenoxy) is 1. The smallest absolute Gasteiger partial charge is 0.119 e. The van der Waals surface area contributed by atoms with Crippen molar-refractivity contribution in [1.82, 2.24) is 15.1 Å². The van der Waals surface area contributed by atoms with Crippen molar-refractivity contribution in [3.63, 3.8) is 0 Å². The summed E-state index contributed by atoms with van der Waals surface area (Å²) in [7, 11) is 3.69. The standard InChI is InChI=1S/C17H25N3O/c1-5-9-18-17(16-12-19-20(3)13(16)2)11-14-7-6-8-15(10-14)21-4/h6-8,10,12,17-18H,5,9,11H2,1-4H3. The van der Waals surface area contributed by atoms with E-state index in [-0.39, 0.29) is 6.04 Å². The molecule has 0 aliphatic rings. The molecule has 0 spiro atoms. The molecule has 4 heteroatoms. The third-order valence-electron chi connectivity index (χ3n) is 3.86. The highest BCUT2D eigenvalue weighted by Gasteiger charge is 2.16. The molecule has 0 saturated carbocycles. The predicted octanol–water partition coefficient (Wildman–Crippen LogP) is 3.02. The van der Waals surface area contributed by atoms with Crippen LogP contribution in [-0.4, -0.2) is 23.4 Å². The van der Waals surface area contributed by atoms with E-state index < -0.39 is 0 Å². The molecular weight excluding hydrogens is 262 g/mol. The average Bonchev–Trinajstić information content (AvgIpc) is 2.83. The fraction of sp³-hybridized carbons (Fsp3) is 0.471. The van der Waals surface area contributed by atoms with Crippen molar-refractivity contribution in [3.05, 3.63) is 47.3 Å². The molecule has 0 amide bonds. The second kappa shape index (κ2) is 7.27. The van der Waals surface area contributed by atoms with Gasteiger partial charge >= 0.3 is 0 Å². The van der Waals surface area contributed by atoms with Gasteiger partial charge in [-0.05, 0) is 44.0 Å². The van der Waals surface area contributed by atoms with E-state index in [1.54, 1.807) is 7.11 Å². The van der Waals surface area contributed by atoms with Crippen LogP contribution >= 0.6 is 0 Å². The lowest BCUT2D eigenvalue weighted by atomic mass is 9.99. The van der Waals surface area contributed by atoms with Gasteiger partial charge in [-0.15, -0.1) is 0 Å². The van der Waals surface area contributed by atoms with Crippen molar-refractivity contribution in [2.24, 2.45) is 7.05 Å². The molecule has 0 saturated heterocycles. The summed E-state index contributed by atoms with van der Waals surface area (Å²) in [5.41, 5.74) is 3.76. The molecule has 0 fully saturated rings. The lowest BCUT2D eigenvalue weighted by molar-refractivity contribution is 0.413. The monoisotopic (exact) mass is 287 g/mol. The molecular formula is C17H25N3O.